The molecule has 0 aliphatic heterocycles. The average molecular weight is 290 g/mol. The molecule has 0 aliphatic rings. The maximum Gasteiger partial charge on any atom is 0.308 e. The number of anilines is 1. The van der Waals surface area contributed by atoms with Gasteiger partial charge in [-0.25, -0.2) is 0 Å². The summed E-state index contributed by atoms with van der Waals surface area (Å²) in [6.07, 6.45) is -0.796. The van der Waals surface area contributed by atoms with Crippen molar-refractivity contribution in [2.75, 3.05) is 18.1 Å². The normalized spacial score (nSPS) is 12.2. The van der Waals surface area contributed by atoms with Crippen LogP contribution in [-0.4, -0.2) is 29.5 Å². The van der Waals surface area contributed by atoms with E-state index in [1.165, 1.54) is 11.8 Å². The van der Waals surface area contributed by atoms with Crippen LogP contribution in [0.15, 0.2) is 23.1 Å². The Morgan fingerprint density at radius 1 is 1.61 bits per heavy atom. The minimum Gasteiger partial charge on any atom is -0.466 e. The van der Waals surface area contributed by atoms with Gasteiger partial charge < -0.3 is 15.6 Å². The van der Waals surface area contributed by atoms with Crippen molar-refractivity contribution in [1.29, 1.82) is 0 Å². The molecule has 0 saturated carbocycles. The van der Waals surface area contributed by atoms with E-state index < -0.39 is 12.1 Å². The molecule has 0 heterocycles. The summed E-state index contributed by atoms with van der Waals surface area (Å²) in [5, 5.41) is 10.2. The fraction of sp³-hybridized carbons (Fsp3) is 0.417. The lowest BCUT2D eigenvalue weighted by Crippen LogP contribution is -2.18. The van der Waals surface area contributed by atoms with Gasteiger partial charge in [-0.15, -0.1) is 11.8 Å². The van der Waals surface area contributed by atoms with E-state index in [2.05, 4.69) is 0 Å². The smallest absolute Gasteiger partial charge is 0.308 e. The Kier molecular flexibility index (Phi) is 6.32. The van der Waals surface area contributed by atoms with Gasteiger partial charge in [0.05, 0.1) is 24.2 Å². The summed E-state index contributed by atoms with van der Waals surface area (Å²) in [6.45, 7) is 2.04. The Morgan fingerprint density at radius 3 is 2.94 bits per heavy atom. The minimum atomic E-state index is -0.773. The molecule has 0 aromatic heterocycles. The third-order valence-electron chi connectivity index (χ3n) is 2.13. The van der Waals surface area contributed by atoms with Crippen molar-refractivity contribution in [2.24, 2.45) is 0 Å². The third-order valence-corrected chi connectivity index (χ3v) is 3.85. The second-order valence-electron chi connectivity index (χ2n) is 3.63. The van der Waals surface area contributed by atoms with Crippen LogP contribution in [0.3, 0.4) is 0 Å². The number of benzene rings is 1. The number of rotatable bonds is 6. The fourth-order valence-corrected chi connectivity index (χ4v) is 2.59. The van der Waals surface area contributed by atoms with Crippen LogP contribution in [0.25, 0.3) is 0 Å². The first-order valence-electron chi connectivity index (χ1n) is 5.55. The molecule has 3 N–H and O–H groups in total. The molecule has 1 atom stereocenters. The number of hydrogen-bond donors (Lipinski definition) is 2. The molecule has 18 heavy (non-hydrogen) atoms. The van der Waals surface area contributed by atoms with Gasteiger partial charge >= 0.3 is 5.97 Å². The van der Waals surface area contributed by atoms with Crippen molar-refractivity contribution in [3.05, 3.63) is 23.2 Å². The Morgan fingerprint density at radius 2 is 2.33 bits per heavy atom. The number of aliphatic hydroxyl groups excluding tert-OH is 1. The molecule has 1 unspecified atom stereocenters. The quantitative estimate of drug-likeness (QED) is 0.478. The molecule has 0 fully saturated rings. The van der Waals surface area contributed by atoms with Gasteiger partial charge in [-0.2, -0.15) is 0 Å². The Hall–Kier alpha value is -0.910. The number of nitrogens with two attached hydrogens (primary N) is 1. The summed E-state index contributed by atoms with van der Waals surface area (Å²) in [4.78, 5) is 11.9. The molecule has 0 radical (unpaired) electrons. The van der Waals surface area contributed by atoms with Gasteiger partial charge in [0, 0.05) is 16.3 Å². The lowest BCUT2D eigenvalue weighted by Gasteiger charge is -2.11. The van der Waals surface area contributed by atoms with Crippen LogP contribution < -0.4 is 5.73 Å². The molecular weight excluding hydrogens is 274 g/mol. The number of thioether (sulfide) groups is 1. The summed E-state index contributed by atoms with van der Waals surface area (Å²) in [5.74, 6) is -0.0649. The molecule has 4 nitrogen and oxygen atoms in total. The lowest BCUT2D eigenvalue weighted by atomic mass is 10.3. The van der Waals surface area contributed by atoms with Crippen LogP contribution in [0.1, 0.15) is 13.3 Å². The van der Waals surface area contributed by atoms with Gasteiger partial charge in [0.25, 0.3) is 0 Å². The van der Waals surface area contributed by atoms with Crippen LogP contribution in [0.4, 0.5) is 5.69 Å². The van der Waals surface area contributed by atoms with E-state index in [9.17, 15) is 9.90 Å². The van der Waals surface area contributed by atoms with Gasteiger partial charge in [-0.1, -0.05) is 17.7 Å². The van der Waals surface area contributed by atoms with Crippen LogP contribution in [0.5, 0.6) is 0 Å². The van der Waals surface area contributed by atoms with Crippen molar-refractivity contribution in [1.82, 2.24) is 0 Å². The van der Waals surface area contributed by atoms with Crippen LogP contribution in [0.2, 0.25) is 5.02 Å². The molecule has 1 aromatic carbocycles. The maximum absolute atomic E-state index is 11.2. The van der Waals surface area contributed by atoms with E-state index in [1.54, 1.807) is 25.1 Å². The molecule has 0 amide bonds. The predicted octanol–water partition coefficient (Wildman–Crippen LogP) is 2.33. The first-order chi connectivity index (χ1) is 8.54. The lowest BCUT2D eigenvalue weighted by molar-refractivity contribution is -0.144. The molecule has 1 aromatic rings. The highest BCUT2D eigenvalue weighted by atomic mass is 35.5. The predicted molar refractivity (Wildman–Crippen MR) is 73.8 cm³/mol. The zero-order valence-corrected chi connectivity index (χ0v) is 11.6. The number of carbonyl (C=O) groups is 1. The number of aliphatic hydroxyl groups is 1. The number of esters is 1. The monoisotopic (exact) mass is 289 g/mol. The van der Waals surface area contributed by atoms with Crippen molar-refractivity contribution in [3.63, 3.8) is 0 Å². The van der Waals surface area contributed by atoms with Crippen LogP contribution >= 0.6 is 23.4 Å². The van der Waals surface area contributed by atoms with E-state index in [-0.39, 0.29) is 6.42 Å². The zero-order chi connectivity index (χ0) is 13.5. The largest absolute Gasteiger partial charge is 0.466 e. The number of halogens is 1. The standard InChI is InChI=1S/C12H16ClNO3S/c1-2-17-11(16)6-8(15)7-18-12-9(13)4-3-5-10(12)14/h3-5,8,15H,2,6-7,14H2,1H3. The van der Waals surface area contributed by atoms with E-state index in [4.69, 9.17) is 22.1 Å². The van der Waals surface area contributed by atoms with E-state index in [1.807, 2.05) is 0 Å². The topological polar surface area (TPSA) is 72.5 Å². The summed E-state index contributed by atoms with van der Waals surface area (Å²) < 4.78 is 4.75. The Labute approximate surface area is 115 Å². The van der Waals surface area contributed by atoms with E-state index in [0.717, 1.165) is 4.90 Å². The molecule has 6 heteroatoms. The number of ether oxygens (including phenoxy) is 1. The number of nitrogen functional groups attached to an aromatic ring is 1. The van der Waals surface area contributed by atoms with Gasteiger partial charge in [-0.3, -0.25) is 4.79 Å². The average Bonchev–Trinajstić information content (AvgIpc) is 2.28. The highest BCUT2D eigenvalue weighted by Crippen LogP contribution is 2.32. The van der Waals surface area contributed by atoms with Crippen molar-refractivity contribution in [3.8, 4) is 0 Å². The fourth-order valence-electron chi connectivity index (χ4n) is 1.33. The van der Waals surface area contributed by atoms with E-state index in [0.29, 0.717) is 23.1 Å². The molecule has 0 spiro atoms. The third kappa shape index (κ3) is 4.76. The maximum atomic E-state index is 11.2. The second-order valence-corrected chi connectivity index (χ2v) is 5.07. The molecule has 0 bridgehead atoms. The first-order valence-corrected chi connectivity index (χ1v) is 6.91. The van der Waals surface area contributed by atoms with Gasteiger partial charge in [0.1, 0.15) is 0 Å². The molecule has 1 rings (SSSR count). The molecule has 0 saturated heterocycles. The molecule has 0 aliphatic carbocycles. The summed E-state index contributed by atoms with van der Waals surface area (Å²) in [7, 11) is 0. The van der Waals surface area contributed by atoms with Gasteiger partial charge in [0.2, 0.25) is 0 Å². The zero-order valence-electron chi connectivity index (χ0n) is 10.1. The van der Waals surface area contributed by atoms with Gasteiger partial charge in [-0.05, 0) is 19.1 Å². The van der Waals surface area contributed by atoms with Crippen molar-refractivity contribution >= 4 is 35.0 Å². The number of hydrogen-bond acceptors (Lipinski definition) is 5. The second kappa shape index (κ2) is 7.51. The number of carbonyl (C=O) groups excluding carboxylic acids is 1. The Bertz CT molecular complexity index is 394. The summed E-state index contributed by atoms with van der Waals surface area (Å²) in [6, 6.07) is 5.24. The van der Waals surface area contributed by atoms with Crippen molar-refractivity contribution < 1.29 is 14.6 Å². The molecular formula is C12H16ClNO3S. The summed E-state index contributed by atoms with van der Waals surface area (Å²) >= 11 is 7.32. The first kappa shape index (κ1) is 15.1. The molecule has 100 valence electrons. The SMILES string of the molecule is CCOC(=O)CC(O)CSc1c(N)cccc1Cl. The van der Waals surface area contributed by atoms with Crippen LogP contribution in [-0.2, 0) is 9.53 Å². The van der Waals surface area contributed by atoms with E-state index >= 15 is 0 Å². The minimum absolute atomic E-state index is 0.0226. The van der Waals surface area contributed by atoms with Crippen LogP contribution in [0, 0.1) is 0 Å². The van der Waals surface area contributed by atoms with Crippen molar-refractivity contribution in [2.45, 2.75) is 24.3 Å². The summed E-state index contributed by atoms with van der Waals surface area (Å²) in [5.41, 5.74) is 6.34. The van der Waals surface area contributed by atoms with Gasteiger partial charge in [0.15, 0.2) is 0 Å². The highest BCUT2D eigenvalue weighted by molar-refractivity contribution is 7.99. The Balaban J connectivity index is 2.47. The highest BCUT2D eigenvalue weighted by Gasteiger charge is 2.14.